The van der Waals surface area contributed by atoms with Crippen LogP contribution in [-0.4, -0.2) is 25.3 Å². The topological polar surface area (TPSA) is 66.4 Å². The zero-order chi connectivity index (χ0) is 14.3. The van der Waals surface area contributed by atoms with Crippen LogP contribution in [0.1, 0.15) is 44.8 Å². The minimum absolute atomic E-state index is 0.148. The lowest BCUT2D eigenvalue weighted by Gasteiger charge is -2.18. The number of hydrogen-bond donors (Lipinski definition) is 2. The van der Waals surface area contributed by atoms with E-state index < -0.39 is 16.1 Å². The van der Waals surface area contributed by atoms with Crippen molar-refractivity contribution in [2.45, 2.75) is 45.3 Å². The fourth-order valence-electron chi connectivity index (χ4n) is 1.89. The van der Waals surface area contributed by atoms with Gasteiger partial charge in [-0.15, -0.1) is 0 Å². The zero-order valence-corrected chi connectivity index (χ0v) is 12.4. The van der Waals surface area contributed by atoms with Crippen molar-refractivity contribution in [3.05, 3.63) is 35.9 Å². The van der Waals surface area contributed by atoms with Crippen LogP contribution in [0.15, 0.2) is 30.3 Å². The van der Waals surface area contributed by atoms with Crippen molar-refractivity contribution in [2.24, 2.45) is 0 Å². The van der Waals surface area contributed by atoms with Gasteiger partial charge in [0.25, 0.3) is 0 Å². The molecular formula is C14H23NO3S. The summed E-state index contributed by atoms with van der Waals surface area (Å²) in [7, 11) is -3.23. The number of aliphatic hydroxyl groups excluding tert-OH is 1. The van der Waals surface area contributed by atoms with E-state index in [4.69, 9.17) is 0 Å². The molecule has 0 aliphatic carbocycles. The highest BCUT2D eigenvalue weighted by Crippen LogP contribution is 2.18. The molecule has 0 amide bonds. The van der Waals surface area contributed by atoms with Crippen LogP contribution in [0.5, 0.6) is 0 Å². The van der Waals surface area contributed by atoms with Gasteiger partial charge in [-0.2, -0.15) is 0 Å². The lowest BCUT2D eigenvalue weighted by atomic mass is 10.0. The Hall–Kier alpha value is -0.910. The molecule has 0 saturated carbocycles. The molecule has 0 aliphatic rings. The highest BCUT2D eigenvalue weighted by molar-refractivity contribution is 7.89. The molecule has 0 aromatic heterocycles. The molecule has 0 heterocycles. The Balaban J connectivity index is 2.49. The van der Waals surface area contributed by atoms with Crippen molar-refractivity contribution < 1.29 is 13.5 Å². The maximum absolute atomic E-state index is 11.7. The molecule has 108 valence electrons. The van der Waals surface area contributed by atoms with Crippen molar-refractivity contribution in [1.29, 1.82) is 0 Å². The standard InChI is InChI=1S/C14H23NO3S/c1-3-4-10-19(17,18)15-12(2)11-14(16)13-8-6-5-7-9-13/h5-9,12,14-16H,3-4,10-11H2,1-2H3. The minimum Gasteiger partial charge on any atom is -0.388 e. The molecular weight excluding hydrogens is 262 g/mol. The first-order valence-electron chi connectivity index (χ1n) is 6.67. The largest absolute Gasteiger partial charge is 0.388 e. The molecule has 0 bridgehead atoms. The van der Waals surface area contributed by atoms with E-state index in [1.165, 1.54) is 0 Å². The number of unbranched alkanes of at least 4 members (excludes halogenated alkanes) is 1. The van der Waals surface area contributed by atoms with Gasteiger partial charge in [0.15, 0.2) is 0 Å². The molecule has 1 aromatic carbocycles. The van der Waals surface area contributed by atoms with E-state index in [0.717, 1.165) is 12.0 Å². The number of nitrogens with one attached hydrogen (secondary N) is 1. The quantitative estimate of drug-likeness (QED) is 0.769. The molecule has 5 heteroatoms. The normalized spacial score (nSPS) is 15.1. The molecule has 1 aromatic rings. The van der Waals surface area contributed by atoms with E-state index in [1.807, 2.05) is 37.3 Å². The summed E-state index contributed by atoms with van der Waals surface area (Å²) in [6, 6.07) is 8.99. The van der Waals surface area contributed by atoms with Crippen LogP contribution in [0.2, 0.25) is 0 Å². The highest BCUT2D eigenvalue weighted by atomic mass is 32.2. The first kappa shape index (κ1) is 16.1. The van der Waals surface area contributed by atoms with Crippen LogP contribution in [0.4, 0.5) is 0 Å². The van der Waals surface area contributed by atoms with Gasteiger partial charge < -0.3 is 5.11 Å². The van der Waals surface area contributed by atoms with Crippen molar-refractivity contribution in [3.63, 3.8) is 0 Å². The van der Waals surface area contributed by atoms with E-state index in [0.29, 0.717) is 12.8 Å². The Labute approximate surface area is 115 Å². The Morgan fingerprint density at radius 2 is 1.89 bits per heavy atom. The predicted molar refractivity (Wildman–Crippen MR) is 77.3 cm³/mol. The Kier molecular flexibility index (Phi) is 6.48. The predicted octanol–water partition coefficient (Wildman–Crippen LogP) is 2.22. The molecule has 2 unspecified atom stereocenters. The second kappa shape index (κ2) is 7.62. The molecule has 19 heavy (non-hydrogen) atoms. The third-order valence-corrected chi connectivity index (χ3v) is 4.50. The Morgan fingerprint density at radius 3 is 2.47 bits per heavy atom. The molecule has 0 fully saturated rings. The van der Waals surface area contributed by atoms with Gasteiger partial charge in [0.1, 0.15) is 0 Å². The first-order valence-corrected chi connectivity index (χ1v) is 8.33. The number of aliphatic hydroxyl groups is 1. The molecule has 0 aliphatic heterocycles. The van der Waals surface area contributed by atoms with Crippen molar-refractivity contribution in [2.75, 3.05) is 5.75 Å². The summed E-state index contributed by atoms with van der Waals surface area (Å²) in [6.45, 7) is 3.73. The van der Waals surface area contributed by atoms with Gasteiger partial charge in [-0.05, 0) is 25.3 Å². The zero-order valence-electron chi connectivity index (χ0n) is 11.5. The van der Waals surface area contributed by atoms with Crippen molar-refractivity contribution in [3.8, 4) is 0 Å². The van der Waals surface area contributed by atoms with E-state index in [-0.39, 0.29) is 11.8 Å². The van der Waals surface area contributed by atoms with E-state index >= 15 is 0 Å². The summed E-state index contributed by atoms with van der Waals surface area (Å²) in [5.41, 5.74) is 0.808. The summed E-state index contributed by atoms with van der Waals surface area (Å²) in [5.74, 6) is 0.148. The number of benzene rings is 1. The van der Waals surface area contributed by atoms with E-state index in [2.05, 4.69) is 4.72 Å². The van der Waals surface area contributed by atoms with Crippen LogP contribution in [-0.2, 0) is 10.0 Å². The SMILES string of the molecule is CCCCS(=O)(=O)NC(C)CC(O)c1ccccc1. The maximum atomic E-state index is 11.7. The molecule has 2 N–H and O–H groups in total. The summed E-state index contributed by atoms with van der Waals surface area (Å²) < 4.78 is 26.1. The average molecular weight is 285 g/mol. The van der Waals surface area contributed by atoms with Crippen LogP contribution in [0, 0.1) is 0 Å². The summed E-state index contributed by atoms with van der Waals surface area (Å²) in [5, 5.41) is 10.0. The number of sulfonamides is 1. The monoisotopic (exact) mass is 285 g/mol. The number of rotatable bonds is 8. The highest BCUT2D eigenvalue weighted by Gasteiger charge is 2.17. The third-order valence-electron chi connectivity index (χ3n) is 2.91. The third kappa shape index (κ3) is 6.18. The van der Waals surface area contributed by atoms with Crippen LogP contribution >= 0.6 is 0 Å². The average Bonchev–Trinajstić information content (AvgIpc) is 2.36. The fourth-order valence-corrected chi connectivity index (χ4v) is 3.39. The van der Waals surface area contributed by atoms with Crippen LogP contribution in [0.3, 0.4) is 0 Å². The lowest BCUT2D eigenvalue weighted by Crippen LogP contribution is -2.35. The fraction of sp³-hybridized carbons (Fsp3) is 0.571. The second-order valence-corrected chi connectivity index (χ2v) is 6.73. The first-order chi connectivity index (χ1) is 8.94. The second-order valence-electron chi connectivity index (χ2n) is 4.85. The van der Waals surface area contributed by atoms with Crippen molar-refractivity contribution in [1.82, 2.24) is 4.72 Å². The summed E-state index contributed by atoms with van der Waals surface area (Å²) in [6.07, 6.45) is 1.23. The van der Waals surface area contributed by atoms with Crippen LogP contribution in [0.25, 0.3) is 0 Å². The van der Waals surface area contributed by atoms with Gasteiger partial charge in [0.2, 0.25) is 10.0 Å². The van der Waals surface area contributed by atoms with Gasteiger partial charge in [0, 0.05) is 6.04 Å². The van der Waals surface area contributed by atoms with Gasteiger partial charge in [-0.3, -0.25) is 0 Å². The lowest BCUT2D eigenvalue weighted by molar-refractivity contribution is 0.158. The molecule has 1 rings (SSSR count). The summed E-state index contributed by atoms with van der Waals surface area (Å²) in [4.78, 5) is 0. The maximum Gasteiger partial charge on any atom is 0.211 e. The van der Waals surface area contributed by atoms with E-state index in [9.17, 15) is 13.5 Å². The smallest absolute Gasteiger partial charge is 0.211 e. The molecule has 2 atom stereocenters. The molecule has 0 radical (unpaired) electrons. The van der Waals surface area contributed by atoms with Gasteiger partial charge in [0.05, 0.1) is 11.9 Å². The van der Waals surface area contributed by atoms with Gasteiger partial charge in [-0.1, -0.05) is 43.7 Å². The minimum atomic E-state index is -3.23. The molecule has 0 spiro atoms. The Morgan fingerprint density at radius 1 is 1.26 bits per heavy atom. The molecule has 0 saturated heterocycles. The van der Waals surface area contributed by atoms with Crippen molar-refractivity contribution >= 4 is 10.0 Å². The number of hydrogen-bond acceptors (Lipinski definition) is 3. The van der Waals surface area contributed by atoms with Gasteiger partial charge in [-0.25, -0.2) is 13.1 Å². The molecule has 4 nitrogen and oxygen atoms in total. The summed E-state index contributed by atoms with van der Waals surface area (Å²) >= 11 is 0. The Bertz CT molecular complexity index is 459. The van der Waals surface area contributed by atoms with Gasteiger partial charge >= 0.3 is 0 Å². The van der Waals surface area contributed by atoms with E-state index in [1.54, 1.807) is 6.92 Å². The van der Waals surface area contributed by atoms with Crippen LogP contribution < -0.4 is 4.72 Å².